The van der Waals surface area contributed by atoms with Crippen molar-refractivity contribution in [1.29, 1.82) is 0 Å². The van der Waals surface area contributed by atoms with Gasteiger partial charge in [0.15, 0.2) is 0 Å². The average Bonchev–Trinajstić information content (AvgIpc) is 2.32. The molecule has 0 aliphatic carbocycles. The Bertz CT molecular complexity index is 508. The lowest BCUT2D eigenvalue weighted by molar-refractivity contribution is -0.143. The van der Waals surface area contributed by atoms with Crippen molar-refractivity contribution in [3.05, 3.63) is 27.1 Å². The van der Waals surface area contributed by atoms with Crippen molar-refractivity contribution in [3.8, 4) is 0 Å². The number of carbonyl (C=O) groups is 2. The normalized spacial score (nSPS) is 13.5. The number of benzene rings is 1. The lowest BCUT2D eigenvalue weighted by atomic mass is 10.00. The third-order valence-electron chi connectivity index (χ3n) is 2.75. The lowest BCUT2D eigenvalue weighted by Crippen LogP contribution is -2.53. The molecule has 1 aromatic rings. The van der Waals surface area contributed by atoms with Gasteiger partial charge in [-0.1, -0.05) is 22.9 Å². The molecule has 2 amide bonds. The van der Waals surface area contributed by atoms with Gasteiger partial charge in [-0.15, -0.1) is 0 Å². The molecule has 0 heterocycles. The summed E-state index contributed by atoms with van der Waals surface area (Å²) in [6.45, 7) is 3.16. The summed E-state index contributed by atoms with van der Waals surface area (Å²) in [5.41, 5.74) is -0.726. The van der Waals surface area contributed by atoms with E-state index < -0.39 is 17.5 Å². The van der Waals surface area contributed by atoms with E-state index in [0.717, 1.165) is 4.47 Å². The van der Waals surface area contributed by atoms with Crippen molar-refractivity contribution in [1.82, 2.24) is 5.32 Å². The average molecular weight is 394 g/mol. The van der Waals surface area contributed by atoms with Crippen LogP contribution in [-0.2, 0) is 4.79 Å². The number of anilines is 1. The molecule has 0 aliphatic rings. The first kappa shape index (κ1) is 16.0. The van der Waals surface area contributed by atoms with E-state index in [0.29, 0.717) is 10.2 Å². The van der Waals surface area contributed by atoms with Crippen LogP contribution < -0.4 is 10.6 Å². The van der Waals surface area contributed by atoms with Crippen LogP contribution in [0.5, 0.6) is 0 Å². The van der Waals surface area contributed by atoms with E-state index in [-0.39, 0.29) is 6.42 Å². The number of carbonyl (C=O) groups excluding carboxylic acids is 1. The van der Waals surface area contributed by atoms with Crippen LogP contribution in [0.15, 0.2) is 27.1 Å². The molecule has 7 heteroatoms. The van der Waals surface area contributed by atoms with E-state index in [1.54, 1.807) is 25.1 Å². The molecule has 0 saturated heterocycles. The Morgan fingerprint density at radius 3 is 2.47 bits per heavy atom. The zero-order valence-corrected chi connectivity index (χ0v) is 13.6. The van der Waals surface area contributed by atoms with Gasteiger partial charge < -0.3 is 15.7 Å². The van der Waals surface area contributed by atoms with Crippen molar-refractivity contribution < 1.29 is 14.7 Å². The van der Waals surface area contributed by atoms with Gasteiger partial charge in [-0.05, 0) is 47.5 Å². The second-order valence-electron chi connectivity index (χ2n) is 4.19. The number of nitrogens with one attached hydrogen (secondary N) is 2. The SMILES string of the molecule is CCC(C)(NC(=O)Nc1ccc(Br)cc1Br)C(=O)O. The number of carboxylic acid groups (broad SMARTS) is 1. The Labute approximate surface area is 128 Å². The Morgan fingerprint density at radius 1 is 1.37 bits per heavy atom. The zero-order valence-electron chi connectivity index (χ0n) is 10.5. The minimum absolute atomic E-state index is 0.289. The van der Waals surface area contributed by atoms with Crippen LogP contribution in [-0.4, -0.2) is 22.6 Å². The van der Waals surface area contributed by atoms with Gasteiger partial charge in [0.25, 0.3) is 0 Å². The first-order chi connectivity index (χ1) is 8.78. The third-order valence-corrected chi connectivity index (χ3v) is 3.90. The molecule has 0 saturated carbocycles. The van der Waals surface area contributed by atoms with Crippen LogP contribution in [0.25, 0.3) is 0 Å². The minimum atomic E-state index is -1.29. The summed E-state index contributed by atoms with van der Waals surface area (Å²) in [5, 5.41) is 14.1. The molecular weight excluding hydrogens is 380 g/mol. The van der Waals surface area contributed by atoms with E-state index in [1.165, 1.54) is 6.92 Å². The van der Waals surface area contributed by atoms with E-state index in [2.05, 4.69) is 42.5 Å². The van der Waals surface area contributed by atoms with Gasteiger partial charge in [0.2, 0.25) is 0 Å². The monoisotopic (exact) mass is 392 g/mol. The molecule has 104 valence electrons. The van der Waals surface area contributed by atoms with Crippen LogP contribution in [0.4, 0.5) is 10.5 Å². The van der Waals surface area contributed by atoms with Crippen molar-refractivity contribution in [2.75, 3.05) is 5.32 Å². The van der Waals surface area contributed by atoms with Crippen LogP contribution in [0, 0.1) is 0 Å². The number of amides is 2. The predicted octanol–water partition coefficient (Wildman–Crippen LogP) is 3.59. The van der Waals surface area contributed by atoms with Crippen LogP contribution in [0.1, 0.15) is 20.3 Å². The highest BCUT2D eigenvalue weighted by molar-refractivity contribution is 9.11. The summed E-state index contributed by atoms with van der Waals surface area (Å²) in [4.78, 5) is 22.9. The Hall–Kier alpha value is -1.08. The Morgan fingerprint density at radius 2 is 2.00 bits per heavy atom. The molecule has 0 aliphatic heterocycles. The highest BCUT2D eigenvalue weighted by atomic mass is 79.9. The molecule has 19 heavy (non-hydrogen) atoms. The molecule has 1 aromatic carbocycles. The van der Waals surface area contributed by atoms with E-state index in [1.807, 2.05) is 0 Å². The fraction of sp³-hybridized carbons (Fsp3) is 0.333. The van der Waals surface area contributed by atoms with E-state index >= 15 is 0 Å². The van der Waals surface area contributed by atoms with Crippen molar-refractivity contribution in [3.63, 3.8) is 0 Å². The number of halogens is 2. The molecule has 0 fully saturated rings. The van der Waals surface area contributed by atoms with Gasteiger partial charge in [0.1, 0.15) is 5.54 Å². The van der Waals surface area contributed by atoms with Crippen LogP contribution in [0.2, 0.25) is 0 Å². The molecule has 1 rings (SSSR count). The first-order valence-corrected chi connectivity index (χ1v) is 7.14. The predicted molar refractivity (Wildman–Crippen MR) is 80.3 cm³/mol. The van der Waals surface area contributed by atoms with Crippen molar-refractivity contribution in [2.45, 2.75) is 25.8 Å². The minimum Gasteiger partial charge on any atom is -0.480 e. The van der Waals surface area contributed by atoms with Gasteiger partial charge in [-0.25, -0.2) is 9.59 Å². The number of aliphatic carboxylic acids is 1. The van der Waals surface area contributed by atoms with Crippen molar-refractivity contribution >= 4 is 49.5 Å². The van der Waals surface area contributed by atoms with Gasteiger partial charge >= 0.3 is 12.0 Å². The maximum Gasteiger partial charge on any atom is 0.329 e. The fourth-order valence-electron chi connectivity index (χ4n) is 1.29. The highest BCUT2D eigenvalue weighted by Crippen LogP contribution is 2.26. The van der Waals surface area contributed by atoms with Gasteiger partial charge in [-0.3, -0.25) is 0 Å². The summed E-state index contributed by atoms with van der Waals surface area (Å²) in [7, 11) is 0. The summed E-state index contributed by atoms with van der Waals surface area (Å²) in [6, 6.07) is 4.70. The van der Waals surface area contributed by atoms with Crippen LogP contribution in [0.3, 0.4) is 0 Å². The molecule has 1 unspecified atom stereocenters. The van der Waals surface area contributed by atoms with Gasteiger partial charge in [-0.2, -0.15) is 0 Å². The molecule has 0 radical (unpaired) electrons. The quantitative estimate of drug-likeness (QED) is 0.731. The maximum absolute atomic E-state index is 11.8. The highest BCUT2D eigenvalue weighted by Gasteiger charge is 2.32. The summed E-state index contributed by atoms with van der Waals surface area (Å²) < 4.78 is 1.57. The molecular formula is C12H14Br2N2O3. The Balaban J connectivity index is 2.78. The van der Waals surface area contributed by atoms with Gasteiger partial charge in [0.05, 0.1) is 5.69 Å². The summed E-state index contributed by atoms with van der Waals surface area (Å²) in [5.74, 6) is -1.07. The maximum atomic E-state index is 11.8. The summed E-state index contributed by atoms with van der Waals surface area (Å²) in [6.07, 6.45) is 0.289. The number of carboxylic acids is 1. The smallest absolute Gasteiger partial charge is 0.329 e. The topological polar surface area (TPSA) is 78.4 Å². The second kappa shape index (κ2) is 6.38. The standard InChI is InChI=1S/C12H14Br2N2O3/c1-3-12(2,10(17)18)16-11(19)15-9-5-4-7(13)6-8(9)14/h4-6H,3H2,1-2H3,(H,17,18)(H2,15,16,19). The first-order valence-electron chi connectivity index (χ1n) is 5.56. The number of hydrogen-bond acceptors (Lipinski definition) is 2. The van der Waals surface area contributed by atoms with E-state index in [9.17, 15) is 9.59 Å². The molecule has 5 nitrogen and oxygen atoms in total. The van der Waals surface area contributed by atoms with Crippen LogP contribution >= 0.6 is 31.9 Å². The molecule has 1 atom stereocenters. The second-order valence-corrected chi connectivity index (χ2v) is 5.96. The van der Waals surface area contributed by atoms with Crippen molar-refractivity contribution in [2.24, 2.45) is 0 Å². The lowest BCUT2D eigenvalue weighted by Gasteiger charge is -2.24. The molecule has 0 spiro atoms. The Kier molecular flexibility index (Phi) is 5.37. The molecule has 0 bridgehead atoms. The zero-order chi connectivity index (χ0) is 14.6. The third kappa shape index (κ3) is 4.21. The molecule has 0 aromatic heterocycles. The number of urea groups is 1. The number of hydrogen-bond donors (Lipinski definition) is 3. The number of rotatable bonds is 4. The van der Waals surface area contributed by atoms with Gasteiger partial charge in [0, 0.05) is 8.95 Å². The largest absolute Gasteiger partial charge is 0.480 e. The van der Waals surface area contributed by atoms with E-state index in [4.69, 9.17) is 5.11 Å². The summed E-state index contributed by atoms with van der Waals surface area (Å²) >= 11 is 6.62. The molecule has 3 N–H and O–H groups in total. The fourth-order valence-corrected chi connectivity index (χ4v) is 2.43.